The zero-order valence-electron chi connectivity index (χ0n) is 13.8. The fourth-order valence-corrected chi connectivity index (χ4v) is 3.97. The molecule has 1 amide bonds. The summed E-state index contributed by atoms with van der Waals surface area (Å²) < 4.78 is 2.08. The molecule has 1 aromatic carbocycles. The molecule has 1 aliphatic rings. The number of fused-ring (bicyclic) bond motifs is 1. The molecule has 0 unspecified atom stereocenters. The monoisotopic (exact) mass is 332 g/mol. The number of aryl methyl sites for hydroxylation is 1. The number of nitrogens with one attached hydrogen (secondary N) is 1. The van der Waals surface area contributed by atoms with E-state index in [1.807, 2.05) is 24.4 Å². The molecule has 0 bridgehead atoms. The van der Waals surface area contributed by atoms with Crippen LogP contribution in [0.3, 0.4) is 0 Å². The van der Waals surface area contributed by atoms with Gasteiger partial charge in [-0.05, 0) is 31.4 Å². The lowest BCUT2D eigenvalue weighted by atomic mass is 9.87. The van der Waals surface area contributed by atoms with Gasteiger partial charge in [0.05, 0.1) is 16.1 Å². The highest BCUT2D eigenvalue weighted by Gasteiger charge is 2.18. The fraction of sp³-hybridized carbons (Fsp3) is 0.526. The van der Waals surface area contributed by atoms with Crippen LogP contribution in [-0.2, 0) is 6.54 Å². The summed E-state index contributed by atoms with van der Waals surface area (Å²) >= 11 is 6.34. The predicted molar refractivity (Wildman–Crippen MR) is 96.1 cm³/mol. The Morgan fingerprint density at radius 3 is 2.83 bits per heavy atom. The number of hydrogen-bond donors (Lipinski definition) is 1. The van der Waals surface area contributed by atoms with Crippen LogP contribution in [0.25, 0.3) is 10.9 Å². The van der Waals surface area contributed by atoms with E-state index in [0.29, 0.717) is 10.6 Å². The van der Waals surface area contributed by atoms with E-state index in [1.165, 1.54) is 32.1 Å². The average molecular weight is 333 g/mol. The Morgan fingerprint density at radius 2 is 2.09 bits per heavy atom. The van der Waals surface area contributed by atoms with Crippen molar-refractivity contribution in [3.8, 4) is 0 Å². The summed E-state index contributed by atoms with van der Waals surface area (Å²) in [5, 5.41) is 4.60. The molecular formula is C19H25ClN2O. The summed E-state index contributed by atoms with van der Waals surface area (Å²) in [4.78, 5) is 12.6. The Hall–Kier alpha value is -1.48. The second-order valence-corrected chi connectivity index (χ2v) is 6.92. The first-order valence-electron chi connectivity index (χ1n) is 8.76. The zero-order valence-corrected chi connectivity index (χ0v) is 14.5. The maximum absolute atomic E-state index is 12.6. The molecule has 2 aromatic rings. The Balaban J connectivity index is 1.70. The van der Waals surface area contributed by atoms with Crippen molar-refractivity contribution in [2.24, 2.45) is 5.92 Å². The van der Waals surface area contributed by atoms with Crippen molar-refractivity contribution in [3.63, 3.8) is 0 Å². The third-order valence-electron chi connectivity index (χ3n) is 5.00. The van der Waals surface area contributed by atoms with Gasteiger partial charge in [0.1, 0.15) is 0 Å². The van der Waals surface area contributed by atoms with Crippen LogP contribution in [0.15, 0.2) is 24.4 Å². The van der Waals surface area contributed by atoms with Gasteiger partial charge < -0.3 is 9.88 Å². The second kappa shape index (κ2) is 7.39. The Bertz CT molecular complexity index is 686. The smallest absolute Gasteiger partial charge is 0.253 e. The Kier molecular flexibility index (Phi) is 5.27. The van der Waals surface area contributed by atoms with Gasteiger partial charge in [-0.25, -0.2) is 0 Å². The fourth-order valence-electron chi connectivity index (χ4n) is 3.70. The van der Waals surface area contributed by atoms with Crippen molar-refractivity contribution in [2.75, 3.05) is 6.54 Å². The molecule has 0 aliphatic heterocycles. The quantitative estimate of drug-likeness (QED) is 0.820. The van der Waals surface area contributed by atoms with E-state index < -0.39 is 0 Å². The normalized spacial score (nSPS) is 15.9. The van der Waals surface area contributed by atoms with Gasteiger partial charge in [0.15, 0.2) is 0 Å². The highest BCUT2D eigenvalue weighted by molar-refractivity contribution is 6.36. The lowest BCUT2D eigenvalue weighted by Gasteiger charge is -2.21. The maximum Gasteiger partial charge on any atom is 0.253 e. The molecule has 0 saturated heterocycles. The van der Waals surface area contributed by atoms with Gasteiger partial charge in [-0.1, -0.05) is 49.8 Å². The van der Waals surface area contributed by atoms with Gasteiger partial charge in [0.25, 0.3) is 5.91 Å². The van der Waals surface area contributed by atoms with Crippen LogP contribution >= 0.6 is 11.6 Å². The molecule has 0 radical (unpaired) electrons. The minimum Gasteiger partial charge on any atom is -0.352 e. The van der Waals surface area contributed by atoms with Crippen molar-refractivity contribution in [3.05, 3.63) is 35.0 Å². The third kappa shape index (κ3) is 3.55. The van der Waals surface area contributed by atoms with Crippen molar-refractivity contribution < 1.29 is 4.79 Å². The van der Waals surface area contributed by atoms with E-state index in [2.05, 4.69) is 16.8 Å². The van der Waals surface area contributed by atoms with E-state index in [0.717, 1.165) is 36.3 Å². The Labute approximate surface area is 143 Å². The number of halogens is 1. The highest BCUT2D eigenvalue weighted by Crippen LogP contribution is 2.29. The van der Waals surface area contributed by atoms with Gasteiger partial charge in [-0.2, -0.15) is 0 Å². The molecular weight excluding hydrogens is 308 g/mol. The summed E-state index contributed by atoms with van der Waals surface area (Å²) in [6.07, 6.45) is 9.71. The first-order valence-corrected chi connectivity index (χ1v) is 9.14. The number of benzene rings is 1. The standard InChI is InChI=1S/C19H25ClN2O/c1-2-22-13-15(18-16(20)9-6-10-17(18)22)19(23)21-12-11-14-7-4-3-5-8-14/h6,9-10,13-14H,2-5,7-8,11-12H2,1H3,(H,21,23). The summed E-state index contributed by atoms with van der Waals surface area (Å²) in [6.45, 7) is 3.66. The van der Waals surface area contributed by atoms with Crippen molar-refractivity contribution >= 4 is 28.4 Å². The predicted octanol–water partition coefficient (Wildman–Crippen LogP) is 5.01. The van der Waals surface area contributed by atoms with Crippen LogP contribution in [0.4, 0.5) is 0 Å². The molecule has 1 fully saturated rings. The van der Waals surface area contributed by atoms with Crippen LogP contribution < -0.4 is 5.32 Å². The second-order valence-electron chi connectivity index (χ2n) is 6.51. The van der Waals surface area contributed by atoms with Crippen molar-refractivity contribution in [1.29, 1.82) is 0 Å². The number of carbonyl (C=O) groups excluding carboxylic acids is 1. The largest absolute Gasteiger partial charge is 0.352 e. The lowest BCUT2D eigenvalue weighted by molar-refractivity contribution is 0.0952. The maximum atomic E-state index is 12.6. The van der Waals surface area contributed by atoms with Crippen LogP contribution in [0, 0.1) is 5.92 Å². The van der Waals surface area contributed by atoms with E-state index >= 15 is 0 Å². The number of amides is 1. The van der Waals surface area contributed by atoms with Crippen LogP contribution in [0.5, 0.6) is 0 Å². The van der Waals surface area contributed by atoms with E-state index in [1.54, 1.807) is 0 Å². The van der Waals surface area contributed by atoms with Gasteiger partial charge in [0, 0.05) is 24.7 Å². The lowest BCUT2D eigenvalue weighted by Crippen LogP contribution is -2.26. The minimum absolute atomic E-state index is 0.00823. The molecule has 1 heterocycles. The molecule has 0 atom stereocenters. The van der Waals surface area contributed by atoms with Gasteiger partial charge >= 0.3 is 0 Å². The summed E-state index contributed by atoms with van der Waals surface area (Å²) in [7, 11) is 0. The summed E-state index contributed by atoms with van der Waals surface area (Å²) in [5.74, 6) is 0.774. The topological polar surface area (TPSA) is 34.0 Å². The number of aromatic nitrogens is 1. The molecule has 0 spiro atoms. The molecule has 1 saturated carbocycles. The molecule has 124 valence electrons. The summed E-state index contributed by atoms with van der Waals surface area (Å²) in [5.41, 5.74) is 1.72. The van der Waals surface area contributed by atoms with E-state index in [4.69, 9.17) is 11.6 Å². The molecule has 3 nitrogen and oxygen atoms in total. The first kappa shape index (κ1) is 16.4. The van der Waals surface area contributed by atoms with Gasteiger partial charge in [-0.3, -0.25) is 4.79 Å². The number of rotatable bonds is 5. The van der Waals surface area contributed by atoms with E-state index in [-0.39, 0.29) is 5.91 Å². The number of nitrogens with zero attached hydrogens (tertiary/aromatic N) is 1. The third-order valence-corrected chi connectivity index (χ3v) is 5.32. The van der Waals surface area contributed by atoms with E-state index in [9.17, 15) is 4.79 Å². The van der Waals surface area contributed by atoms with Gasteiger partial charge in [-0.15, -0.1) is 0 Å². The molecule has 23 heavy (non-hydrogen) atoms. The first-order chi connectivity index (χ1) is 11.2. The van der Waals surface area contributed by atoms with Crippen molar-refractivity contribution in [2.45, 2.75) is 52.0 Å². The molecule has 1 aromatic heterocycles. The number of hydrogen-bond acceptors (Lipinski definition) is 1. The minimum atomic E-state index is -0.00823. The SMILES string of the molecule is CCn1cc(C(=O)NCCC2CCCCC2)c2c(Cl)cccc21. The van der Waals surface area contributed by atoms with Crippen LogP contribution in [0.2, 0.25) is 5.02 Å². The average Bonchev–Trinajstić information content (AvgIpc) is 2.96. The Morgan fingerprint density at radius 1 is 1.30 bits per heavy atom. The summed E-state index contributed by atoms with van der Waals surface area (Å²) in [6, 6.07) is 5.80. The number of carbonyl (C=O) groups is 1. The molecule has 1 aliphatic carbocycles. The van der Waals surface area contributed by atoms with Gasteiger partial charge in [0.2, 0.25) is 0 Å². The van der Waals surface area contributed by atoms with Crippen molar-refractivity contribution in [1.82, 2.24) is 9.88 Å². The molecule has 3 rings (SSSR count). The van der Waals surface area contributed by atoms with Crippen LogP contribution in [-0.4, -0.2) is 17.0 Å². The molecule has 1 N–H and O–H groups in total. The molecule has 4 heteroatoms. The highest BCUT2D eigenvalue weighted by atomic mass is 35.5. The zero-order chi connectivity index (χ0) is 16.2. The van der Waals surface area contributed by atoms with Crippen LogP contribution in [0.1, 0.15) is 55.8 Å².